The first-order chi connectivity index (χ1) is 9.03. The van der Waals surface area contributed by atoms with E-state index in [4.69, 9.17) is 4.42 Å². The molecule has 19 heavy (non-hydrogen) atoms. The lowest BCUT2D eigenvalue weighted by atomic mass is 10.4. The fraction of sp³-hybridized carbons (Fsp3) is 0.364. The van der Waals surface area contributed by atoms with Crippen molar-refractivity contribution in [2.75, 3.05) is 7.05 Å². The Bertz CT molecular complexity index is 644. The molecule has 0 saturated heterocycles. The quantitative estimate of drug-likeness (QED) is 0.717. The molecule has 0 saturated carbocycles. The fourth-order valence-electron chi connectivity index (χ4n) is 1.67. The van der Waals surface area contributed by atoms with E-state index in [-0.39, 0.29) is 11.6 Å². The van der Waals surface area contributed by atoms with Crippen molar-refractivity contribution in [1.29, 1.82) is 0 Å². The Labute approximate surface area is 111 Å². The molecule has 0 aromatic carbocycles. The van der Waals surface area contributed by atoms with Crippen LogP contribution >= 0.6 is 0 Å². The number of aromatic nitrogens is 2. The van der Waals surface area contributed by atoms with Crippen LogP contribution in [0.15, 0.2) is 27.8 Å². The van der Waals surface area contributed by atoms with E-state index in [9.17, 15) is 8.42 Å². The minimum atomic E-state index is -3.63. The monoisotopic (exact) mass is 284 g/mol. The van der Waals surface area contributed by atoms with Crippen molar-refractivity contribution in [2.45, 2.75) is 25.0 Å². The number of hydrogen-bond donors (Lipinski definition) is 3. The van der Waals surface area contributed by atoms with Gasteiger partial charge in [-0.05, 0) is 26.1 Å². The highest BCUT2D eigenvalue weighted by Gasteiger charge is 2.20. The summed E-state index contributed by atoms with van der Waals surface area (Å²) in [6, 6.07) is 3.52. The number of sulfonamides is 1. The number of aromatic amines is 1. The van der Waals surface area contributed by atoms with Crippen LogP contribution in [0, 0.1) is 6.92 Å². The molecule has 2 aromatic heterocycles. The Kier molecular flexibility index (Phi) is 4.03. The van der Waals surface area contributed by atoms with Gasteiger partial charge in [-0.15, -0.1) is 0 Å². The molecule has 0 aliphatic heterocycles. The lowest BCUT2D eigenvalue weighted by molar-refractivity contribution is 0.475. The molecule has 2 aromatic rings. The first-order valence-electron chi connectivity index (χ1n) is 5.75. The largest absolute Gasteiger partial charge is 0.465 e. The predicted octanol–water partition coefficient (Wildman–Crippen LogP) is 0.509. The molecule has 3 N–H and O–H groups in total. The predicted molar refractivity (Wildman–Crippen MR) is 68.8 cm³/mol. The third kappa shape index (κ3) is 3.22. The van der Waals surface area contributed by atoms with Gasteiger partial charge >= 0.3 is 0 Å². The SMILES string of the molecule is CNCc1cn[nH]c1S(=O)(=O)NCc1ccc(C)o1. The molecular formula is C11H16N4O3S. The molecule has 0 radical (unpaired) electrons. The van der Waals surface area contributed by atoms with Crippen molar-refractivity contribution < 1.29 is 12.8 Å². The first-order valence-corrected chi connectivity index (χ1v) is 7.23. The Hall–Kier alpha value is -1.64. The molecule has 0 atom stereocenters. The van der Waals surface area contributed by atoms with Gasteiger partial charge in [0.05, 0.1) is 12.7 Å². The van der Waals surface area contributed by atoms with Crippen molar-refractivity contribution in [3.05, 3.63) is 35.4 Å². The number of hydrogen-bond acceptors (Lipinski definition) is 5. The maximum absolute atomic E-state index is 12.1. The van der Waals surface area contributed by atoms with E-state index in [1.54, 1.807) is 26.1 Å². The average molecular weight is 284 g/mol. The van der Waals surface area contributed by atoms with Crippen LogP contribution in [0.25, 0.3) is 0 Å². The molecule has 2 heterocycles. The van der Waals surface area contributed by atoms with Gasteiger partial charge < -0.3 is 9.73 Å². The van der Waals surface area contributed by atoms with Crippen LogP contribution in [0.2, 0.25) is 0 Å². The van der Waals surface area contributed by atoms with Crippen molar-refractivity contribution >= 4 is 10.0 Å². The zero-order valence-corrected chi connectivity index (χ0v) is 11.5. The van der Waals surface area contributed by atoms with E-state index in [2.05, 4.69) is 20.2 Å². The molecule has 0 aliphatic rings. The van der Waals surface area contributed by atoms with Crippen molar-refractivity contribution in [1.82, 2.24) is 20.2 Å². The van der Waals surface area contributed by atoms with Gasteiger partial charge in [-0.1, -0.05) is 0 Å². The van der Waals surface area contributed by atoms with Gasteiger partial charge in [0.25, 0.3) is 10.0 Å². The van der Waals surface area contributed by atoms with Gasteiger partial charge in [0.1, 0.15) is 11.5 Å². The normalized spacial score (nSPS) is 11.9. The highest BCUT2D eigenvalue weighted by atomic mass is 32.2. The van der Waals surface area contributed by atoms with E-state index in [1.165, 1.54) is 6.20 Å². The number of nitrogens with one attached hydrogen (secondary N) is 3. The van der Waals surface area contributed by atoms with Gasteiger partial charge in [-0.25, -0.2) is 13.1 Å². The van der Waals surface area contributed by atoms with Crippen molar-refractivity contribution in [3.8, 4) is 0 Å². The van der Waals surface area contributed by atoms with E-state index < -0.39 is 10.0 Å². The van der Waals surface area contributed by atoms with E-state index >= 15 is 0 Å². The van der Waals surface area contributed by atoms with Crippen LogP contribution in [-0.2, 0) is 23.1 Å². The molecule has 0 bridgehead atoms. The van der Waals surface area contributed by atoms with Crippen molar-refractivity contribution in [3.63, 3.8) is 0 Å². The number of H-pyrrole nitrogens is 1. The molecule has 0 spiro atoms. The molecular weight excluding hydrogens is 268 g/mol. The lowest BCUT2D eigenvalue weighted by Gasteiger charge is -2.05. The molecule has 8 heteroatoms. The number of aryl methyl sites for hydroxylation is 1. The van der Waals surface area contributed by atoms with Gasteiger partial charge in [-0.2, -0.15) is 5.10 Å². The van der Waals surface area contributed by atoms with Crippen LogP contribution in [-0.4, -0.2) is 25.7 Å². The maximum Gasteiger partial charge on any atom is 0.258 e. The Morgan fingerprint density at radius 2 is 2.16 bits per heavy atom. The van der Waals surface area contributed by atoms with Crippen molar-refractivity contribution in [2.24, 2.45) is 0 Å². The molecule has 0 fully saturated rings. The second-order valence-electron chi connectivity index (χ2n) is 4.09. The highest BCUT2D eigenvalue weighted by Crippen LogP contribution is 2.13. The summed E-state index contributed by atoms with van der Waals surface area (Å²) in [5.74, 6) is 1.31. The summed E-state index contributed by atoms with van der Waals surface area (Å²) >= 11 is 0. The third-order valence-electron chi connectivity index (χ3n) is 2.55. The van der Waals surface area contributed by atoms with Crippen LogP contribution in [0.4, 0.5) is 0 Å². The Morgan fingerprint density at radius 3 is 2.79 bits per heavy atom. The standard InChI is InChI=1S/C11H16N4O3S/c1-8-3-4-10(18-8)7-14-19(16,17)11-9(5-12-2)6-13-15-11/h3-4,6,12,14H,5,7H2,1-2H3,(H,13,15). The highest BCUT2D eigenvalue weighted by molar-refractivity contribution is 7.89. The van der Waals surface area contributed by atoms with E-state index in [0.29, 0.717) is 17.9 Å². The fourth-order valence-corrected chi connectivity index (χ4v) is 2.79. The smallest absolute Gasteiger partial charge is 0.258 e. The van der Waals surface area contributed by atoms with Gasteiger partial charge in [-0.3, -0.25) is 5.10 Å². The van der Waals surface area contributed by atoms with Gasteiger partial charge in [0.2, 0.25) is 0 Å². The molecule has 2 rings (SSSR count). The summed E-state index contributed by atoms with van der Waals surface area (Å²) < 4.78 is 32.0. The zero-order chi connectivity index (χ0) is 13.9. The lowest BCUT2D eigenvalue weighted by Crippen LogP contribution is -2.25. The Morgan fingerprint density at radius 1 is 1.37 bits per heavy atom. The molecule has 0 unspecified atom stereocenters. The average Bonchev–Trinajstić information content (AvgIpc) is 2.97. The minimum Gasteiger partial charge on any atom is -0.465 e. The third-order valence-corrected chi connectivity index (χ3v) is 3.96. The maximum atomic E-state index is 12.1. The van der Waals surface area contributed by atoms with E-state index in [1.807, 2.05) is 0 Å². The summed E-state index contributed by atoms with van der Waals surface area (Å²) in [4.78, 5) is 0. The minimum absolute atomic E-state index is 0.0742. The van der Waals surface area contributed by atoms with Crippen LogP contribution in [0.3, 0.4) is 0 Å². The molecule has 104 valence electrons. The number of nitrogens with zero attached hydrogens (tertiary/aromatic N) is 1. The first kappa shape index (κ1) is 13.8. The summed E-state index contributed by atoms with van der Waals surface area (Å²) in [5.41, 5.74) is 0.589. The van der Waals surface area contributed by atoms with Crippen LogP contribution < -0.4 is 10.0 Å². The topological polar surface area (TPSA) is 100 Å². The van der Waals surface area contributed by atoms with Crippen LogP contribution in [0.1, 0.15) is 17.1 Å². The molecule has 0 amide bonds. The van der Waals surface area contributed by atoms with Gasteiger partial charge in [0.15, 0.2) is 5.03 Å². The molecule has 7 nitrogen and oxygen atoms in total. The summed E-state index contributed by atoms with van der Waals surface area (Å²) in [6.07, 6.45) is 1.49. The zero-order valence-electron chi connectivity index (χ0n) is 10.7. The number of furan rings is 1. The number of rotatable bonds is 6. The summed E-state index contributed by atoms with van der Waals surface area (Å²) in [5, 5.41) is 9.22. The second-order valence-corrected chi connectivity index (χ2v) is 5.80. The Balaban J connectivity index is 2.11. The second kappa shape index (κ2) is 5.55. The van der Waals surface area contributed by atoms with Crippen LogP contribution in [0.5, 0.6) is 0 Å². The summed E-state index contributed by atoms with van der Waals surface area (Å²) in [6.45, 7) is 2.33. The molecule has 0 aliphatic carbocycles. The van der Waals surface area contributed by atoms with Gasteiger partial charge in [0, 0.05) is 12.1 Å². The summed E-state index contributed by atoms with van der Waals surface area (Å²) in [7, 11) is -1.89. The van der Waals surface area contributed by atoms with E-state index in [0.717, 1.165) is 5.76 Å².